The molecule has 104 valence electrons. The number of anilines is 1. The van der Waals surface area contributed by atoms with Gasteiger partial charge in [0, 0.05) is 10.7 Å². The maximum absolute atomic E-state index is 12.9. The van der Waals surface area contributed by atoms with Crippen LogP contribution in [0, 0.1) is 5.82 Å². The van der Waals surface area contributed by atoms with Crippen LogP contribution in [0.5, 0.6) is 5.75 Å². The van der Waals surface area contributed by atoms with E-state index in [1.807, 2.05) is 0 Å². The Hall–Kier alpha value is -2.27. The second-order valence-corrected chi connectivity index (χ2v) is 4.32. The van der Waals surface area contributed by atoms with E-state index >= 15 is 0 Å². The third-order valence-corrected chi connectivity index (χ3v) is 2.62. The third-order valence-electron chi connectivity index (χ3n) is 2.37. The van der Waals surface area contributed by atoms with Crippen molar-refractivity contribution in [3.05, 3.63) is 59.4 Å². The highest BCUT2D eigenvalue weighted by Crippen LogP contribution is 2.15. The molecule has 20 heavy (non-hydrogen) atoms. The molecule has 2 aromatic rings. The van der Waals surface area contributed by atoms with Crippen molar-refractivity contribution >= 4 is 23.3 Å². The van der Waals surface area contributed by atoms with Gasteiger partial charge in [0.05, 0.1) is 0 Å². The van der Waals surface area contributed by atoms with Crippen molar-refractivity contribution in [3.8, 4) is 5.75 Å². The number of halogens is 2. The van der Waals surface area contributed by atoms with Gasteiger partial charge in [0.1, 0.15) is 11.6 Å². The molecule has 0 aliphatic carbocycles. The van der Waals surface area contributed by atoms with E-state index in [9.17, 15) is 9.18 Å². The average Bonchev–Trinajstić information content (AvgIpc) is 2.41. The molecule has 2 rings (SSSR count). The Morgan fingerprint density at radius 3 is 2.65 bits per heavy atom. The molecule has 0 fully saturated rings. The highest BCUT2D eigenvalue weighted by atomic mass is 35.5. The summed E-state index contributed by atoms with van der Waals surface area (Å²) in [6, 6.07) is 11.9. The molecule has 0 bridgehead atoms. The lowest BCUT2D eigenvalue weighted by atomic mass is 10.3. The lowest BCUT2D eigenvalue weighted by Crippen LogP contribution is -2.32. The zero-order chi connectivity index (χ0) is 14.4. The number of benzene rings is 2. The first-order chi connectivity index (χ1) is 9.63. The maximum Gasteiger partial charge on any atom is 0.321 e. The summed E-state index contributed by atoms with van der Waals surface area (Å²) in [5.74, 6) is 0.167. The van der Waals surface area contributed by atoms with Gasteiger partial charge in [-0.15, -0.1) is 0 Å². The van der Waals surface area contributed by atoms with Crippen molar-refractivity contribution in [2.45, 2.75) is 0 Å². The van der Waals surface area contributed by atoms with Crippen LogP contribution in [0.25, 0.3) is 0 Å². The lowest BCUT2D eigenvalue weighted by molar-refractivity contribution is 0.234. The molecule has 0 aromatic heterocycles. The standard InChI is InChI=1S/C14H12ClFN2O2/c15-10-4-6-13(7-5-10)20-9-17-14(19)18-12-3-1-2-11(16)8-12/h1-8H,9H2,(H2,17,18,19). The first-order valence-electron chi connectivity index (χ1n) is 5.82. The molecule has 4 nitrogen and oxygen atoms in total. The van der Waals surface area contributed by atoms with Gasteiger partial charge < -0.3 is 15.4 Å². The van der Waals surface area contributed by atoms with E-state index in [1.54, 1.807) is 30.3 Å². The minimum atomic E-state index is -0.482. The minimum Gasteiger partial charge on any atom is -0.473 e. The topological polar surface area (TPSA) is 50.4 Å². The Bertz CT molecular complexity index is 590. The van der Waals surface area contributed by atoms with Gasteiger partial charge in [-0.3, -0.25) is 0 Å². The van der Waals surface area contributed by atoms with E-state index < -0.39 is 11.8 Å². The SMILES string of the molecule is O=C(NCOc1ccc(Cl)cc1)Nc1cccc(F)c1. The second kappa shape index (κ2) is 6.77. The number of carbonyl (C=O) groups excluding carboxylic acids is 1. The van der Waals surface area contributed by atoms with Gasteiger partial charge in [0.15, 0.2) is 6.73 Å². The molecule has 2 aromatic carbocycles. The van der Waals surface area contributed by atoms with Crippen molar-refractivity contribution in [2.75, 3.05) is 12.0 Å². The largest absolute Gasteiger partial charge is 0.473 e. The molecule has 0 aliphatic rings. The molecule has 2 N–H and O–H groups in total. The normalized spacial score (nSPS) is 9.90. The summed E-state index contributed by atoms with van der Waals surface area (Å²) >= 11 is 5.73. The van der Waals surface area contributed by atoms with Crippen molar-refractivity contribution in [1.29, 1.82) is 0 Å². The molecule has 2 amide bonds. The van der Waals surface area contributed by atoms with Crippen molar-refractivity contribution in [2.24, 2.45) is 0 Å². The van der Waals surface area contributed by atoms with Crippen LogP contribution in [0.15, 0.2) is 48.5 Å². The molecule has 0 unspecified atom stereocenters. The zero-order valence-electron chi connectivity index (χ0n) is 10.4. The fraction of sp³-hybridized carbons (Fsp3) is 0.0714. The fourth-order valence-corrected chi connectivity index (χ4v) is 1.58. The zero-order valence-corrected chi connectivity index (χ0v) is 11.2. The molecule has 0 atom stereocenters. The predicted octanol–water partition coefficient (Wildman–Crippen LogP) is 3.64. The lowest BCUT2D eigenvalue weighted by Gasteiger charge is -2.09. The van der Waals surface area contributed by atoms with Crippen LogP contribution in [-0.4, -0.2) is 12.8 Å². The van der Waals surface area contributed by atoms with Crippen molar-refractivity contribution in [1.82, 2.24) is 5.32 Å². The number of hydrogen-bond donors (Lipinski definition) is 2. The van der Waals surface area contributed by atoms with Crippen LogP contribution in [0.3, 0.4) is 0 Å². The summed E-state index contributed by atoms with van der Waals surface area (Å²) < 4.78 is 18.2. The Morgan fingerprint density at radius 1 is 1.20 bits per heavy atom. The van der Waals surface area contributed by atoms with E-state index in [0.717, 1.165) is 0 Å². The molecule has 0 heterocycles. The Balaban J connectivity index is 1.76. The summed E-state index contributed by atoms with van der Waals surface area (Å²) in [7, 11) is 0. The summed E-state index contributed by atoms with van der Waals surface area (Å²) in [6.07, 6.45) is 0. The molecule has 6 heteroatoms. The minimum absolute atomic E-state index is 0.0111. The van der Waals surface area contributed by atoms with Gasteiger partial charge in [-0.2, -0.15) is 0 Å². The van der Waals surface area contributed by atoms with Crippen molar-refractivity contribution in [3.63, 3.8) is 0 Å². The first kappa shape index (κ1) is 14.1. The van der Waals surface area contributed by atoms with Gasteiger partial charge in [-0.1, -0.05) is 17.7 Å². The number of urea groups is 1. The van der Waals surface area contributed by atoms with E-state index in [0.29, 0.717) is 16.5 Å². The second-order valence-electron chi connectivity index (χ2n) is 3.88. The summed E-state index contributed by atoms with van der Waals surface area (Å²) in [4.78, 5) is 11.5. The Morgan fingerprint density at radius 2 is 1.95 bits per heavy atom. The quantitative estimate of drug-likeness (QED) is 0.846. The Kier molecular flexibility index (Phi) is 4.79. The first-order valence-corrected chi connectivity index (χ1v) is 6.20. The number of hydrogen-bond acceptors (Lipinski definition) is 2. The van der Waals surface area contributed by atoms with Crippen LogP contribution in [0.4, 0.5) is 14.9 Å². The highest BCUT2D eigenvalue weighted by molar-refractivity contribution is 6.30. The van der Waals surface area contributed by atoms with Crippen LogP contribution < -0.4 is 15.4 Å². The van der Waals surface area contributed by atoms with E-state index in [1.165, 1.54) is 18.2 Å². The number of ether oxygens (including phenoxy) is 1. The smallest absolute Gasteiger partial charge is 0.321 e. The van der Waals surface area contributed by atoms with Crippen LogP contribution >= 0.6 is 11.6 Å². The Labute approximate surface area is 120 Å². The van der Waals surface area contributed by atoms with Gasteiger partial charge in [0.25, 0.3) is 0 Å². The third kappa shape index (κ3) is 4.44. The van der Waals surface area contributed by atoms with Gasteiger partial charge in [0.2, 0.25) is 0 Å². The van der Waals surface area contributed by atoms with Crippen LogP contribution in [0.2, 0.25) is 5.02 Å². The summed E-state index contributed by atoms with van der Waals surface area (Å²) in [5.41, 5.74) is 0.369. The molecular weight excluding hydrogens is 283 g/mol. The molecule has 0 spiro atoms. The molecule has 0 radical (unpaired) electrons. The number of nitrogens with one attached hydrogen (secondary N) is 2. The predicted molar refractivity (Wildman–Crippen MR) is 75.5 cm³/mol. The van der Waals surface area contributed by atoms with E-state index in [4.69, 9.17) is 16.3 Å². The van der Waals surface area contributed by atoms with Crippen LogP contribution in [-0.2, 0) is 0 Å². The maximum atomic E-state index is 12.9. The van der Waals surface area contributed by atoms with E-state index in [2.05, 4.69) is 10.6 Å². The monoisotopic (exact) mass is 294 g/mol. The molecular formula is C14H12ClFN2O2. The van der Waals surface area contributed by atoms with Gasteiger partial charge in [-0.25, -0.2) is 9.18 Å². The number of rotatable bonds is 4. The van der Waals surface area contributed by atoms with E-state index in [-0.39, 0.29) is 6.73 Å². The summed E-state index contributed by atoms with van der Waals surface area (Å²) in [5, 5.41) is 5.58. The molecule has 0 saturated carbocycles. The van der Waals surface area contributed by atoms with Gasteiger partial charge >= 0.3 is 6.03 Å². The fourth-order valence-electron chi connectivity index (χ4n) is 1.46. The summed E-state index contributed by atoms with van der Waals surface area (Å²) in [6.45, 7) is -0.0111. The van der Waals surface area contributed by atoms with Gasteiger partial charge in [-0.05, 0) is 42.5 Å². The average molecular weight is 295 g/mol. The molecule has 0 aliphatic heterocycles. The highest BCUT2D eigenvalue weighted by Gasteiger charge is 2.02. The number of amides is 2. The van der Waals surface area contributed by atoms with Crippen molar-refractivity contribution < 1.29 is 13.9 Å². The van der Waals surface area contributed by atoms with Crippen LogP contribution in [0.1, 0.15) is 0 Å². The molecule has 0 saturated heterocycles. The number of carbonyl (C=O) groups is 1.